The number of aryl methyl sites for hydroxylation is 3. The van der Waals surface area contributed by atoms with E-state index < -0.39 is 0 Å². The Morgan fingerprint density at radius 1 is 1.13 bits per heavy atom. The number of benzene rings is 1. The number of aromatic nitrogens is 5. The summed E-state index contributed by atoms with van der Waals surface area (Å²) in [6, 6.07) is 7.28. The monoisotopic (exact) mass is 453 g/mol. The van der Waals surface area contributed by atoms with Gasteiger partial charge < -0.3 is 9.05 Å². The molecule has 4 aromatic heterocycles. The van der Waals surface area contributed by atoms with Crippen molar-refractivity contribution < 1.29 is 9.05 Å². The number of fused-ring (bicyclic) bond motifs is 1. The number of hydrogen-bond donors (Lipinski definition) is 0. The van der Waals surface area contributed by atoms with Crippen LogP contribution in [0.5, 0.6) is 0 Å². The highest BCUT2D eigenvalue weighted by atomic mass is 35.5. The SMILES string of the molecule is Cc1noc(C)c1Cn1cnc2sc(-c3nc(-c4ccccc4Cl)no3)c(C)c2c1=O. The van der Waals surface area contributed by atoms with Gasteiger partial charge in [-0.3, -0.25) is 9.36 Å². The molecule has 1 aromatic carbocycles. The maximum absolute atomic E-state index is 13.2. The van der Waals surface area contributed by atoms with E-state index in [1.54, 1.807) is 17.0 Å². The molecule has 0 aliphatic heterocycles. The van der Waals surface area contributed by atoms with Crippen LogP contribution in [0.3, 0.4) is 0 Å². The molecule has 0 N–H and O–H groups in total. The van der Waals surface area contributed by atoms with Gasteiger partial charge in [0, 0.05) is 11.1 Å². The van der Waals surface area contributed by atoms with Gasteiger partial charge in [-0.1, -0.05) is 34.0 Å². The van der Waals surface area contributed by atoms with Crippen molar-refractivity contribution in [2.24, 2.45) is 0 Å². The van der Waals surface area contributed by atoms with Crippen molar-refractivity contribution in [3.63, 3.8) is 0 Å². The first-order valence-electron chi connectivity index (χ1n) is 9.43. The average molecular weight is 454 g/mol. The number of nitrogens with zero attached hydrogens (tertiary/aromatic N) is 5. The van der Waals surface area contributed by atoms with Gasteiger partial charge in [0.15, 0.2) is 0 Å². The zero-order chi connectivity index (χ0) is 21.7. The van der Waals surface area contributed by atoms with E-state index in [4.69, 9.17) is 20.6 Å². The molecule has 0 saturated carbocycles. The van der Waals surface area contributed by atoms with E-state index in [1.807, 2.05) is 39.0 Å². The summed E-state index contributed by atoms with van der Waals surface area (Å²) < 4.78 is 12.3. The minimum absolute atomic E-state index is 0.143. The standard InChI is InChI=1S/C21H16ClN5O3S/c1-10-16-20(23-9-27(21(16)28)8-14-11(2)25-29-12(14)3)31-17(10)19-24-18(26-30-19)13-6-4-5-7-15(13)22/h4-7,9H,8H2,1-3H3. The van der Waals surface area contributed by atoms with Crippen LogP contribution < -0.4 is 5.56 Å². The second-order valence-corrected chi connectivity index (χ2v) is 8.53. The van der Waals surface area contributed by atoms with Crippen LogP contribution in [0.25, 0.3) is 32.4 Å². The van der Waals surface area contributed by atoms with Gasteiger partial charge >= 0.3 is 0 Å². The van der Waals surface area contributed by atoms with Crippen LogP contribution in [0.4, 0.5) is 0 Å². The van der Waals surface area contributed by atoms with Crippen LogP contribution in [0.1, 0.15) is 22.6 Å². The van der Waals surface area contributed by atoms with Crippen LogP contribution in [0, 0.1) is 20.8 Å². The van der Waals surface area contributed by atoms with E-state index in [2.05, 4.69) is 20.3 Å². The number of thiophene rings is 1. The molecule has 10 heteroatoms. The predicted octanol–water partition coefficient (Wildman–Crippen LogP) is 4.79. The molecule has 5 aromatic rings. The highest BCUT2D eigenvalue weighted by Crippen LogP contribution is 2.36. The Morgan fingerprint density at radius 2 is 1.94 bits per heavy atom. The van der Waals surface area contributed by atoms with Crippen LogP contribution >= 0.6 is 22.9 Å². The van der Waals surface area contributed by atoms with E-state index in [9.17, 15) is 4.79 Å². The van der Waals surface area contributed by atoms with Crippen molar-refractivity contribution in [1.82, 2.24) is 24.8 Å². The summed E-state index contributed by atoms with van der Waals surface area (Å²) in [6.45, 7) is 5.87. The molecular formula is C21H16ClN5O3S. The number of rotatable bonds is 4. The normalized spacial score (nSPS) is 11.5. The third kappa shape index (κ3) is 3.26. The summed E-state index contributed by atoms with van der Waals surface area (Å²) in [4.78, 5) is 23.5. The zero-order valence-corrected chi connectivity index (χ0v) is 18.4. The summed E-state index contributed by atoms with van der Waals surface area (Å²) in [5.74, 6) is 1.40. The Morgan fingerprint density at radius 3 is 2.68 bits per heavy atom. The fourth-order valence-electron chi connectivity index (χ4n) is 3.44. The molecule has 0 amide bonds. The summed E-state index contributed by atoms with van der Waals surface area (Å²) in [7, 11) is 0. The quantitative estimate of drug-likeness (QED) is 0.385. The molecule has 5 rings (SSSR count). The molecule has 156 valence electrons. The van der Waals surface area contributed by atoms with E-state index in [1.165, 1.54) is 11.3 Å². The van der Waals surface area contributed by atoms with Crippen molar-refractivity contribution in [1.29, 1.82) is 0 Å². The molecule has 0 fully saturated rings. The van der Waals surface area contributed by atoms with Crippen molar-refractivity contribution in [2.45, 2.75) is 27.3 Å². The van der Waals surface area contributed by atoms with E-state index in [0.717, 1.165) is 16.8 Å². The fourth-order valence-corrected chi connectivity index (χ4v) is 4.72. The third-order valence-corrected chi connectivity index (χ3v) is 6.68. The van der Waals surface area contributed by atoms with Gasteiger partial charge in [-0.15, -0.1) is 11.3 Å². The second kappa shape index (κ2) is 7.44. The molecular weight excluding hydrogens is 438 g/mol. The smallest absolute Gasteiger partial charge is 0.268 e. The molecule has 0 aliphatic carbocycles. The van der Waals surface area contributed by atoms with E-state index >= 15 is 0 Å². The fraction of sp³-hybridized carbons (Fsp3) is 0.190. The molecule has 0 atom stereocenters. The molecule has 0 aliphatic rings. The zero-order valence-electron chi connectivity index (χ0n) is 16.8. The Bertz CT molecular complexity index is 1480. The molecule has 4 heterocycles. The van der Waals surface area contributed by atoms with Crippen LogP contribution in [0.2, 0.25) is 5.02 Å². The molecule has 0 saturated heterocycles. The first-order valence-corrected chi connectivity index (χ1v) is 10.6. The lowest BCUT2D eigenvalue weighted by atomic mass is 10.2. The summed E-state index contributed by atoms with van der Waals surface area (Å²) >= 11 is 7.59. The van der Waals surface area contributed by atoms with Crippen molar-refractivity contribution in [3.8, 4) is 22.2 Å². The summed E-state index contributed by atoms with van der Waals surface area (Å²) in [5.41, 5.74) is 2.91. The van der Waals surface area contributed by atoms with Crippen molar-refractivity contribution >= 4 is 33.2 Å². The second-order valence-electron chi connectivity index (χ2n) is 7.12. The number of halogens is 1. The molecule has 8 nitrogen and oxygen atoms in total. The Labute approximate surface area is 185 Å². The van der Waals surface area contributed by atoms with E-state index in [-0.39, 0.29) is 5.56 Å². The van der Waals surface area contributed by atoms with Gasteiger partial charge in [-0.2, -0.15) is 4.98 Å². The topological polar surface area (TPSA) is 99.8 Å². The Hall–Kier alpha value is -3.30. The predicted molar refractivity (Wildman–Crippen MR) is 117 cm³/mol. The minimum Gasteiger partial charge on any atom is -0.361 e. The van der Waals surface area contributed by atoms with Crippen molar-refractivity contribution in [3.05, 3.63) is 68.6 Å². The lowest BCUT2D eigenvalue weighted by Crippen LogP contribution is -2.21. The highest BCUT2D eigenvalue weighted by Gasteiger charge is 2.21. The van der Waals surface area contributed by atoms with Gasteiger partial charge in [0.25, 0.3) is 11.4 Å². The molecule has 31 heavy (non-hydrogen) atoms. The van der Waals surface area contributed by atoms with Crippen LogP contribution in [-0.4, -0.2) is 24.8 Å². The first-order chi connectivity index (χ1) is 14.9. The van der Waals surface area contributed by atoms with Gasteiger partial charge in [-0.05, 0) is 38.5 Å². The highest BCUT2D eigenvalue weighted by molar-refractivity contribution is 7.22. The molecule has 0 unspecified atom stereocenters. The maximum atomic E-state index is 13.2. The molecule has 0 radical (unpaired) electrons. The van der Waals surface area contributed by atoms with Crippen molar-refractivity contribution in [2.75, 3.05) is 0 Å². The first kappa shape index (κ1) is 19.7. The maximum Gasteiger partial charge on any atom is 0.268 e. The summed E-state index contributed by atoms with van der Waals surface area (Å²) in [6.07, 6.45) is 1.54. The Kier molecular flexibility index (Phi) is 4.71. The molecule has 0 bridgehead atoms. The summed E-state index contributed by atoms with van der Waals surface area (Å²) in [5, 5.41) is 9.08. The van der Waals surface area contributed by atoms with Gasteiger partial charge in [0.05, 0.1) is 33.9 Å². The Balaban J connectivity index is 1.58. The van der Waals surface area contributed by atoms with Gasteiger partial charge in [0.1, 0.15) is 10.6 Å². The minimum atomic E-state index is -0.143. The average Bonchev–Trinajstić information content (AvgIpc) is 3.44. The van der Waals surface area contributed by atoms with Crippen LogP contribution in [0.15, 0.2) is 44.4 Å². The lowest BCUT2D eigenvalue weighted by molar-refractivity contribution is 0.392. The lowest BCUT2D eigenvalue weighted by Gasteiger charge is -2.05. The van der Waals surface area contributed by atoms with E-state index in [0.29, 0.717) is 49.7 Å². The van der Waals surface area contributed by atoms with Crippen LogP contribution in [-0.2, 0) is 6.54 Å². The molecule has 0 spiro atoms. The third-order valence-electron chi connectivity index (χ3n) is 5.16. The number of hydrogen-bond acceptors (Lipinski definition) is 8. The van der Waals surface area contributed by atoms with Gasteiger partial charge in [-0.25, -0.2) is 4.98 Å². The largest absolute Gasteiger partial charge is 0.361 e. The van der Waals surface area contributed by atoms with Gasteiger partial charge in [0.2, 0.25) is 5.82 Å².